The number of hydrogen-bond acceptors (Lipinski definition) is 6. The zero-order valence-corrected chi connectivity index (χ0v) is 21.8. The summed E-state index contributed by atoms with van der Waals surface area (Å²) in [4.78, 5) is 26.2. The number of ketones is 1. The lowest BCUT2D eigenvalue weighted by atomic mass is 10.00. The number of aromatic nitrogens is 5. The number of nitrogens with zero attached hydrogens (tertiary/aromatic N) is 3. The molecule has 0 atom stereocenters. The Balaban J connectivity index is 1.44. The first-order chi connectivity index (χ1) is 17.9. The Bertz CT molecular complexity index is 1790. The summed E-state index contributed by atoms with van der Waals surface area (Å²) < 4.78 is 0. The molecule has 0 aliphatic carbocycles. The van der Waals surface area contributed by atoms with Gasteiger partial charge in [0.1, 0.15) is 5.69 Å². The predicted molar refractivity (Wildman–Crippen MR) is 151 cm³/mol. The van der Waals surface area contributed by atoms with Crippen molar-refractivity contribution in [2.45, 2.75) is 33.7 Å². The van der Waals surface area contributed by atoms with Gasteiger partial charge in [-0.3, -0.25) is 9.89 Å². The largest absolute Gasteiger partial charge is 0.383 e. The Morgan fingerprint density at radius 3 is 2.68 bits per heavy atom. The van der Waals surface area contributed by atoms with E-state index < -0.39 is 0 Å². The van der Waals surface area contributed by atoms with Gasteiger partial charge < -0.3 is 10.3 Å². The van der Waals surface area contributed by atoms with Crippen molar-refractivity contribution in [3.63, 3.8) is 0 Å². The average molecular weight is 507 g/mol. The molecule has 7 nitrogen and oxygen atoms in total. The molecule has 8 heteroatoms. The van der Waals surface area contributed by atoms with E-state index in [1.807, 2.05) is 18.2 Å². The Morgan fingerprint density at radius 2 is 1.89 bits per heavy atom. The van der Waals surface area contributed by atoms with Crippen molar-refractivity contribution in [2.75, 3.05) is 5.32 Å². The van der Waals surface area contributed by atoms with Gasteiger partial charge in [0.25, 0.3) is 0 Å². The minimum absolute atomic E-state index is 0.0614. The van der Waals surface area contributed by atoms with E-state index in [2.05, 4.69) is 82.7 Å². The van der Waals surface area contributed by atoms with Gasteiger partial charge in [-0.05, 0) is 86.8 Å². The van der Waals surface area contributed by atoms with Crippen LogP contribution >= 0.6 is 11.3 Å². The average Bonchev–Trinajstić information content (AvgIpc) is 3.60. The third-order valence-electron chi connectivity index (χ3n) is 6.26. The van der Waals surface area contributed by atoms with Gasteiger partial charge in [0.2, 0.25) is 0 Å². The summed E-state index contributed by atoms with van der Waals surface area (Å²) in [7, 11) is 0. The van der Waals surface area contributed by atoms with E-state index in [-0.39, 0.29) is 5.78 Å². The highest BCUT2D eigenvalue weighted by atomic mass is 32.1. The summed E-state index contributed by atoms with van der Waals surface area (Å²) in [6, 6.07) is 19.0. The Morgan fingerprint density at radius 1 is 1.03 bits per heavy atom. The molecule has 0 bridgehead atoms. The number of carbonyl (C=O) groups excluding carboxylic acids is 1. The van der Waals surface area contributed by atoms with E-state index in [4.69, 9.17) is 4.98 Å². The first-order valence-corrected chi connectivity index (χ1v) is 13.0. The lowest BCUT2D eigenvalue weighted by molar-refractivity contribution is 0.102. The molecule has 6 aromatic rings. The van der Waals surface area contributed by atoms with Crippen molar-refractivity contribution in [1.29, 1.82) is 0 Å². The molecule has 4 heterocycles. The fourth-order valence-corrected chi connectivity index (χ4v) is 5.57. The molecule has 0 aliphatic heterocycles. The molecular weight excluding hydrogens is 480 g/mol. The molecule has 2 aromatic carbocycles. The van der Waals surface area contributed by atoms with Gasteiger partial charge in [-0.25, -0.2) is 9.97 Å². The molecule has 0 saturated heterocycles. The van der Waals surface area contributed by atoms with Gasteiger partial charge in [0, 0.05) is 33.8 Å². The van der Waals surface area contributed by atoms with Crippen LogP contribution in [0.25, 0.3) is 55.2 Å². The quantitative estimate of drug-likeness (QED) is 0.207. The molecular formula is C29H26N6OS. The number of Topliss-reactive ketones (excluding diaryl/α,β-unsaturated/α-hetero) is 1. The summed E-state index contributed by atoms with van der Waals surface area (Å²) in [5, 5.41) is 12.2. The molecule has 6 rings (SSSR count). The summed E-state index contributed by atoms with van der Waals surface area (Å²) in [5.74, 6) is 0.708. The standard InChI is InChI=1S/C29H26N6OS/c1-15(2)31-20-12-16(3)11-19(13-20)18-5-6-23-22(14-18)27(35-34-23)29-32-26-21(9-10-30-28(26)33-29)25-8-7-24(37-25)17(4)36/h5-15,31H,1-4H3,(H,34,35)(H,30,32,33). The summed E-state index contributed by atoms with van der Waals surface area (Å²) in [6.07, 6.45) is 1.75. The first-order valence-electron chi connectivity index (χ1n) is 12.2. The highest BCUT2D eigenvalue weighted by molar-refractivity contribution is 7.17. The van der Waals surface area contributed by atoms with Gasteiger partial charge in [-0.2, -0.15) is 5.10 Å². The number of aryl methyl sites for hydroxylation is 1. The molecule has 0 aliphatic rings. The van der Waals surface area contributed by atoms with Crippen LogP contribution < -0.4 is 5.32 Å². The third-order valence-corrected chi connectivity index (χ3v) is 7.48. The van der Waals surface area contributed by atoms with Crippen molar-refractivity contribution in [1.82, 2.24) is 25.1 Å². The van der Waals surface area contributed by atoms with Gasteiger partial charge in [-0.1, -0.05) is 12.1 Å². The van der Waals surface area contributed by atoms with Crippen LogP contribution in [0.3, 0.4) is 0 Å². The number of benzene rings is 2. The smallest absolute Gasteiger partial charge is 0.178 e. The fourth-order valence-electron chi connectivity index (χ4n) is 4.64. The van der Waals surface area contributed by atoms with Crippen molar-refractivity contribution in [2.24, 2.45) is 0 Å². The van der Waals surface area contributed by atoms with Crippen molar-refractivity contribution in [3.05, 3.63) is 71.2 Å². The van der Waals surface area contributed by atoms with Crippen LogP contribution in [-0.2, 0) is 0 Å². The first kappa shape index (κ1) is 23.1. The second-order valence-corrected chi connectivity index (χ2v) is 10.7. The maximum Gasteiger partial charge on any atom is 0.178 e. The van der Waals surface area contributed by atoms with E-state index in [0.29, 0.717) is 17.5 Å². The molecule has 4 aromatic heterocycles. The monoisotopic (exact) mass is 506 g/mol. The number of carbonyl (C=O) groups is 1. The predicted octanol–water partition coefficient (Wildman–Crippen LogP) is 7.23. The van der Waals surface area contributed by atoms with Crippen LogP contribution in [0.5, 0.6) is 0 Å². The van der Waals surface area contributed by atoms with E-state index in [9.17, 15) is 4.79 Å². The summed E-state index contributed by atoms with van der Waals surface area (Å²) in [5.41, 5.74) is 8.63. The number of hydrogen-bond donors (Lipinski definition) is 3. The zero-order chi connectivity index (χ0) is 25.7. The number of rotatable bonds is 6. The normalized spacial score (nSPS) is 11.6. The number of fused-ring (bicyclic) bond motifs is 2. The maximum absolute atomic E-state index is 11.8. The van der Waals surface area contributed by atoms with E-state index in [1.165, 1.54) is 16.9 Å². The SMILES string of the molecule is CC(=O)c1ccc(-c2ccnc3nc(-c4n[nH]c5ccc(-c6cc(C)cc(NC(C)C)c6)cc45)[nH]c23)s1. The number of aromatic amines is 2. The summed E-state index contributed by atoms with van der Waals surface area (Å²) >= 11 is 1.47. The zero-order valence-electron chi connectivity index (χ0n) is 21.0. The van der Waals surface area contributed by atoms with Crippen molar-refractivity contribution < 1.29 is 4.79 Å². The highest BCUT2D eigenvalue weighted by Crippen LogP contribution is 2.35. The molecule has 0 saturated carbocycles. The Hall–Kier alpha value is -4.30. The van der Waals surface area contributed by atoms with E-state index in [1.54, 1.807) is 13.1 Å². The second-order valence-electron chi connectivity index (χ2n) is 9.58. The minimum atomic E-state index is 0.0614. The van der Waals surface area contributed by atoms with Crippen LogP contribution in [0.1, 0.15) is 36.0 Å². The number of H-pyrrole nitrogens is 2. The van der Waals surface area contributed by atoms with Crippen LogP contribution in [0.2, 0.25) is 0 Å². The fraction of sp³-hybridized carbons (Fsp3) is 0.172. The highest BCUT2D eigenvalue weighted by Gasteiger charge is 2.17. The van der Waals surface area contributed by atoms with Crippen LogP contribution in [0, 0.1) is 6.92 Å². The molecule has 0 spiro atoms. The molecule has 0 radical (unpaired) electrons. The number of anilines is 1. The van der Waals surface area contributed by atoms with E-state index >= 15 is 0 Å². The lowest BCUT2D eigenvalue weighted by Gasteiger charge is -2.13. The number of thiophene rings is 1. The van der Waals surface area contributed by atoms with Gasteiger partial charge in [-0.15, -0.1) is 11.3 Å². The molecule has 0 fully saturated rings. The molecule has 0 unspecified atom stereocenters. The van der Waals surface area contributed by atoms with Gasteiger partial charge >= 0.3 is 0 Å². The van der Waals surface area contributed by atoms with Crippen molar-refractivity contribution in [3.8, 4) is 33.1 Å². The number of imidazole rings is 1. The number of nitrogens with one attached hydrogen (secondary N) is 3. The Labute approximate surface area is 218 Å². The molecule has 184 valence electrons. The Kier molecular flexibility index (Phi) is 5.61. The topological polar surface area (TPSA) is 99.3 Å². The van der Waals surface area contributed by atoms with E-state index in [0.717, 1.165) is 54.2 Å². The van der Waals surface area contributed by atoms with Crippen LogP contribution in [-0.4, -0.2) is 37.0 Å². The number of pyridine rings is 1. The molecule has 37 heavy (non-hydrogen) atoms. The lowest BCUT2D eigenvalue weighted by Crippen LogP contribution is -2.09. The van der Waals surface area contributed by atoms with Gasteiger partial charge in [0.15, 0.2) is 17.3 Å². The van der Waals surface area contributed by atoms with Crippen LogP contribution in [0.4, 0.5) is 5.69 Å². The van der Waals surface area contributed by atoms with Crippen molar-refractivity contribution >= 4 is 44.9 Å². The molecule has 0 amide bonds. The van der Waals surface area contributed by atoms with Crippen LogP contribution in [0.15, 0.2) is 60.8 Å². The second kappa shape index (κ2) is 8.97. The minimum Gasteiger partial charge on any atom is -0.383 e. The molecule has 3 N–H and O–H groups in total. The third kappa shape index (κ3) is 4.29. The van der Waals surface area contributed by atoms with Gasteiger partial charge in [0.05, 0.1) is 15.9 Å². The summed E-state index contributed by atoms with van der Waals surface area (Å²) in [6.45, 7) is 7.98. The maximum atomic E-state index is 11.8.